The summed E-state index contributed by atoms with van der Waals surface area (Å²) >= 11 is 0. The van der Waals surface area contributed by atoms with E-state index in [4.69, 9.17) is 15.9 Å². The van der Waals surface area contributed by atoms with Crippen LogP contribution in [0.3, 0.4) is 0 Å². The Kier molecular flexibility index (Phi) is 9.89. The normalized spacial score (nSPS) is 14.0. The number of rotatable bonds is 11. The number of carbonyl (C=O) groups is 5. The summed E-state index contributed by atoms with van der Waals surface area (Å²) in [7, 11) is 0. The van der Waals surface area contributed by atoms with Crippen molar-refractivity contribution in [1.29, 1.82) is 0 Å². The third-order valence-corrected chi connectivity index (χ3v) is 3.46. The predicted molar refractivity (Wildman–Crippen MR) is 89.9 cm³/mol. The largest absolute Gasteiger partial charge is 0.481 e. The second-order valence-electron chi connectivity index (χ2n) is 6.06. The number of hydrogen-bond donors (Lipinski definition) is 6. The summed E-state index contributed by atoms with van der Waals surface area (Å²) < 4.78 is 0. The molecule has 0 heterocycles. The standard InChI is InChI=1S/C15H26N4O7/c1-7(2)12(19-10(20)6-16)14(24)17-8(3)13(23)18-9(15(25)26)4-5-11(21)22/h7-9,12H,4-6,16H2,1-3H3,(H,17,24)(H,18,23)(H,19,20)(H,21,22)(H,25,26)/t8-,9-,12-/m0/s1. The number of nitrogens with two attached hydrogens (primary N) is 1. The molecule has 11 heteroatoms. The van der Waals surface area contributed by atoms with Gasteiger partial charge < -0.3 is 31.9 Å². The van der Waals surface area contributed by atoms with Crippen molar-refractivity contribution in [3.63, 3.8) is 0 Å². The smallest absolute Gasteiger partial charge is 0.326 e. The Hall–Kier alpha value is -2.69. The van der Waals surface area contributed by atoms with Gasteiger partial charge in [0, 0.05) is 6.42 Å². The highest BCUT2D eigenvalue weighted by Gasteiger charge is 2.28. The first-order chi connectivity index (χ1) is 12.0. The van der Waals surface area contributed by atoms with Crippen LogP contribution in [-0.4, -0.2) is 64.5 Å². The molecule has 0 aromatic rings. The lowest BCUT2D eigenvalue weighted by molar-refractivity contribution is -0.143. The van der Waals surface area contributed by atoms with Crippen LogP contribution in [0.4, 0.5) is 0 Å². The van der Waals surface area contributed by atoms with Crippen LogP contribution in [-0.2, 0) is 24.0 Å². The van der Waals surface area contributed by atoms with Crippen LogP contribution >= 0.6 is 0 Å². The molecule has 0 bridgehead atoms. The molecule has 0 aliphatic rings. The highest BCUT2D eigenvalue weighted by atomic mass is 16.4. The van der Waals surface area contributed by atoms with E-state index in [9.17, 15) is 24.0 Å². The van der Waals surface area contributed by atoms with E-state index in [1.807, 2.05) is 0 Å². The molecule has 3 atom stereocenters. The average Bonchev–Trinajstić information content (AvgIpc) is 2.54. The molecular formula is C15H26N4O7. The van der Waals surface area contributed by atoms with E-state index in [0.717, 1.165) is 0 Å². The van der Waals surface area contributed by atoms with Gasteiger partial charge in [-0.05, 0) is 19.3 Å². The topological polar surface area (TPSA) is 188 Å². The van der Waals surface area contributed by atoms with Gasteiger partial charge in [-0.1, -0.05) is 13.8 Å². The zero-order valence-corrected chi connectivity index (χ0v) is 14.9. The number of nitrogens with one attached hydrogen (secondary N) is 3. The number of carbonyl (C=O) groups excluding carboxylic acids is 3. The molecule has 0 aromatic carbocycles. The molecule has 0 saturated carbocycles. The number of aliphatic carboxylic acids is 2. The first kappa shape index (κ1) is 23.3. The minimum absolute atomic E-state index is 0.275. The molecule has 0 saturated heterocycles. The van der Waals surface area contributed by atoms with Gasteiger partial charge in [-0.3, -0.25) is 19.2 Å². The maximum absolute atomic E-state index is 12.2. The van der Waals surface area contributed by atoms with Crippen LogP contribution in [0.5, 0.6) is 0 Å². The van der Waals surface area contributed by atoms with Gasteiger partial charge in [0.15, 0.2) is 0 Å². The Morgan fingerprint density at radius 3 is 1.92 bits per heavy atom. The molecule has 0 aliphatic carbocycles. The van der Waals surface area contributed by atoms with Crippen molar-refractivity contribution in [2.45, 2.75) is 51.7 Å². The Morgan fingerprint density at radius 1 is 0.923 bits per heavy atom. The lowest BCUT2D eigenvalue weighted by Gasteiger charge is -2.24. The Morgan fingerprint density at radius 2 is 1.50 bits per heavy atom. The molecule has 148 valence electrons. The van der Waals surface area contributed by atoms with Crippen molar-refractivity contribution >= 4 is 29.7 Å². The van der Waals surface area contributed by atoms with Gasteiger partial charge in [-0.15, -0.1) is 0 Å². The van der Waals surface area contributed by atoms with Crippen LogP contribution in [0.1, 0.15) is 33.6 Å². The van der Waals surface area contributed by atoms with Crippen LogP contribution in [0.25, 0.3) is 0 Å². The van der Waals surface area contributed by atoms with Gasteiger partial charge in [0.05, 0.1) is 6.54 Å². The lowest BCUT2D eigenvalue weighted by Crippen LogP contribution is -2.56. The summed E-state index contributed by atoms with van der Waals surface area (Å²) in [6.45, 7) is 4.43. The molecule has 0 spiro atoms. The zero-order valence-electron chi connectivity index (χ0n) is 14.9. The maximum Gasteiger partial charge on any atom is 0.326 e. The van der Waals surface area contributed by atoms with Gasteiger partial charge >= 0.3 is 11.9 Å². The molecular weight excluding hydrogens is 348 g/mol. The molecule has 0 aliphatic heterocycles. The van der Waals surface area contributed by atoms with E-state index in [1.54, 1.807) is 13.8 Å². The van der Waals surface area contributed by atoms with Gasteiger partial charge in [-0.2, -0.15) is 0 Å². The highest BCUT2D eigenvalue weighted by molar-refractivity contribution is 5.93. The van der Waals surface area contributed by atoms with E-state index in [2.05, 4.69) is 16.0 Å². The molecule has 0 radical (unpaired) electrons. The first-order valence-electron chi connectivity index (χ1n) is 8.04. The van der Waals surface area contributed by atoms with Gasteiger partial charge in [0.2, 0.25) is 17.7 Å². The van der Waals surface area contributed by atoms with Gasteiger partial charge in [-0.25, -0.2) is 4.79 Å². The van der Waals surface area contributed by atoms with E-state index in [1.165, 1.54) is 6.92 Å². The van der Waals surface area contributed by atoms with Crippen molar-refractivity contribution in [2.75, 3.05) is 6.54 Å². The Labute approximate surface area is 150 Å². The van der Waals surface area contributed by atoms with E-state index < -0.39 is 54.2 Å². The summed E-state index contributed by atoms with van der Waals surface area (Å²) in [5.74, 6) is -4.79. The number of hydrogen-bond acceptors (Lipinski definition) is 6. The second-order valence-corrected chi connectivity index (χ2v) is 6.06. The fourth-order valence-electron chi connectivity index (χ4n) is 1.96. The van der Waals surface area contributed by atoms with E-state index in [0.29, 0.717) is 0 Å². The molecule has 26 heavy (non-hydrogen) atoms. The molecule has 0 aromatic heterocycles. The van der Waals surface area contributed by atoms with Crippen LogP contribution < -0.4 is 21.7 Å². The maximum atomic E-state index is 12.2. The quantitative estimate of drug-likeness (QED) is 0.240. The Bertz CT molecular complexity index is 550. The number of carboxylic acids is 2. The monoisotopic (exact) mass is 374 g/mol. The minimum Gasteiger partial charge on any atom is -0.481 e. The summed E-state index contributed by atoms with van der Waals surface area (Å²) in [5, 5.41) is 24.6. The average molecular weight is 374 g/mol. The van der Waals surface area contributed by atoms with Crippen molar-refractivity contribution in [3.8, 4) is 0 Å². The minimum atomic E-state index is -1.39. The van der Waals surface area contributed by atoms with E-state index in [-0.39, 0.29) is 18.9 Å². The fourth-order valence-corrected chi connectivity index (χ4v) is 1.96. The lowest BCUT2D eigenvalue weighted by atomic mass is 10.0. The van der Waals surface area contributed by atoms with Crippen LogP contribution in [0, 0.1) is 5.92 Å². The van der Waals surface area contributed by atoms with Crippen molar-refractivity contribution in [3.05, 3.63) is 0 Å². The summed E-state index contributed by atoms with van der Waals surface area (Å²) in [6.07, 6.45) is -0.725. The third kappa shape index (κ3) is 8.42. The van der Waals surface area contributed by atoms with Gasteiger partial charge in [0.1, 0.15) is 18.1 Å². The van der Waals surface area contributed by atoms with E-state index >= 15 is 0 Å². The van der Waals surface area contributed by atoms with Gasteiger partial charge in [0.25, 0.3) is 0 Å². The highest BCUT2D eigenvalue weighted by Crippen LogP contribution is 2.03. The molecule has 3 amide bonds. The number of carboxylic acid groups (broad SMARTS) is 2. The molecule has 0 rings (SSSR count). The molecule has 0 unspecified atom stereocenters. The van der Waals surface area contributed by atoms with Crippen molar-refractivity contribution in [1.82, 2.24) is 16.0 Å². The first-order valence-corrected chi connectivity index (χ1v) is 8.04. The molecule has 0 fully saturated rings. The van der Waals surface area contributed by atoms with Crippen LogP contribution in [0.15, 0.2) is 0 Å². The Balaban J connectivity index is 4.83. The van der Waals surface area contributed by atoms with Crippen LogP contribution in [0.2, 0.25) is 0 Å². The van der Waals surface area contributed by atoms with Crippen molar-refractivity contribution < 1.29 is 34.2 Å². The summed E-state index contributed by atoms with van der Waals surface area (Å²) in [6, 6.07) is -3.40. The SMILES string of the molecule is CC(C)[C@H](NC(=O)CN)C(=O)N[C@@H](C)C(=O)N[C@@H](CCC(=O)O)C(=O)O. The second kappa shape index (κ2) is 11.0. The van der Waals surface area contributed by atoms with Crippen molar-refractivity contribution in [2.24, 2.45) is 11.7 Å². The molecule has 7 N–H and O–H groups in total. The third-order valence-electron chi connectivity index (χ3n) is 3.46. The summed E-state index contributed by atoms with van der Waals surface area (Å²) in [5.41, 5.74) is 5.20. The predicted octanol–water partition coefficient (Wildman–Crippen LogP) is -1.98. The zero-order chi connectivity index (χ0) is 20.4. The molecule has 11 nitrogen and oxygen atoms in total. The number of amides is 3. The fraction of sp³-hybridized carbons (Fsp3) is 0.667. The summed E-state index contributed by atoms with van der Waals surface area (Å²) in [4.78, 5) is 57.3.